The van der Waals surface area contributed by atoms with Gasteiger partial charge in [0.2, 0.25) is 0 Å². The summed E-state index contributed by atoms with van der Waals surface area (Å²) in [5, 5.41) is 9.72. The summed E-state index contributed by atoms with van der Waals surface area (Å²) in [4.78, 5) is 13.6. The number of H-pyrrole nitrogens is 1. The molecule has 0 unspecified atom stereocenters. The first-order valence-corrected chi connectivity index (χ1v) is 4.62. The summed E-state index contributed by atoms with van der Waals surface area (Å²) >= 11 is 0. The van der Waals surface area contributed by atoms with Crippen LogP contribution in [-0.4, -0.2) is 16.1 Å². The Balaban J connectivity index is 2.82. The predicted octanol–water partition coefficient (Wildman–Crippen LogP) is 2.07. The number of aromatic nitrogens is 1. The molecule has 0 bridgehead atoms. The monoisotopic (exact) mass is 204 g/mol. The molecule has 15 heavy (non-hydrogen) atoms. The van der Waals surface area contributed by atoms with Gasteiger partial charge >= 0.3 is 5.97 Å². The standard InChI is InChI=1S/C11H12N2O2/c1-5-3-8-7(6(2)10(5)12)4-9(13-8)11(14)15/h3-4,13H,12H2,1-2H3,(H,14,15). The van der Waals surface area contributed by atoms with Crippen molar-refractivity contribution in [3.63, 3.8) is 0 Å². The van der Waals surface area contributed by atoms with Gasteiger partial charge in [0.1, 0.15) is 5.69 Å². The van der Waals surface area contributed by atoms with Gasteiger partial charge < -0.3 is 15.8 Å². The molecule has 78 valence electrons. The number of fused-ring (bicyclic) bond motifs is 1. The second-order valence-corrected chi connectivity index (χ2v) is 3.68. The zero-order valence-corrected chi connectivity index (χ0v) is 8.59. The van der Waals surface area contributed by atoms with Crippen LogP contribution >= 0.6 is 0 Å². The molecule has 0 aliphatic heterocycles. The van der Waals surface area contributed by atoms with Gasteiger partial charge in [0.15, 0.2) is 0 Å². The molecule has 0 aliphatic carbocycles. The molecule has 4 heteroatoms. The van der Waals surface area contributed by atoms with Crippen LogP contribution in [0.25, 0.3) is 10.9 Å². The smallest absolute Gasteiger partial charge is 0.352 e. The van der Waals surface area contributed by atoms with Gasteiger partial charge in [-0.2, -0.15) is 0 Å². The van der Waals surface area contributed by atoms with E-state index in [0.717, 1.165) is 27.7 Å². The lowest BCUT2D eigenvalue weighted by Gasteiger charge is -2.04. The highest BCUT2D eigenvalue weighted by molar-refractivity contribution is 5.97. The molecule has 2 aromatic rings. The number of anilines is 1. The maximum atomic E-state index is 10.8. The first kappa shape index (κ1) is 9.58. The maximum absolute atomic E-state index is 10.8. The average Bonchev–Trinajstić information content (AvgIpc) is 2.58. The summed E-state index contributed by atoms with van der Waals surface area (Å²) in [5.41, 5.74) is 9.48. The van der Waals surface area contributed by atoms with Crippen LogP contribution in [0.1, 0.15) is 21.6 Å². The number of aromatic carboxylic acids is 1. The molecule has 0 amide bonds. The highest BCUT2D eigenvalue weighted by Crippen LogP contribution is 2.27. The van der Waals surface area contributed by atoms with Crippen LogP contribution in [0, 0.1) is 13.8 Å². The van der Waals surface area contributed by atoms with Gasteiger partial charge in [-0.3, -0.25) is 0 Å². The van der Waals surface area contributed by atoms with Gasteiger partial charge in [0.05, 0.1) is 0 Å². The lowest BCUT2D eigenvalue weighted by atomic mass is 10.1. The number of benzene rings is 1. The van der Waals surface area contributed by atoms with Gasteiger partial charge in [0.25, 0.3) is 0 Å². The van der Waals surface area contributed by atoms with E-state index in [1.807, 2.05) is 19.9 Å². The Morgan fingerprint density at radius 1 is 1.40 bits per heavy atom. The Bertz CT molecular complexity index is 555. The number of nitrogens with two attached hydrogens (primary N) is 1. The predicted molar refractivity (Wildman–Crippen MR) is 59.1 cm³/mol. The number of hydrogen-bond acceptors (Lipinski definition) is 2. The summed E-state index contributed by atoms with van der Waals surface area (Å²) in [5.74, 6) is -0.957. The average molecular weight is 204 g/mol. The molecule has 0 spiro atoms. The normalized spacial score (nSPS) is 10.8. The van der Waals surface area contributed by atoms with Crippen molar-refractivity contribution in [3.05, 3.63) is 29.0 Å². The molecule has 0 saturated heterocycles. The van der Waals surface area contributed by atoms with Crippen molar-refractivity contribution in [2.75, 3.05) is 5.73 Å². The van der Waals surface area contributed by atoms with E-state index in [1.165, 1.54) is 0 Å². The van der Waals surface area contributed by atoms with E-state index in [0.29, 0.717) is 0 Å². The molecule has 4 nitrogen and oxygen atoms in total. The SMILES string of the molecule is Cc1cc2[nH]c(C(=O)O)cc2c(C)c1N. The van der Waals surface area contributed by atoms with E-state index in [-0.39, 0.29) is 5.69 Å². The molecular formula is C11H12N2O2. The lowest BCUT2D eigenvalue weighted by molar-refractivity contribution is 0.0691. The van der Waals surface area contributed by atoms with E-state index < -0.39 is 5.97 Å². The van der Waals surface area contributed by atoms with Crippen molar-refractivity contribution in [3.8, 4) is 0 Å². The number of rotatable bonds is 1. The number of nitrogens with one attached hydrogen (secondary N) is 1. The van der Waals surface area contributed by atoms with Gasteiger partial charge in [0, 0.05) is 16.6 Å². The third kappa shape index (κ3) is 1.34. The van der Waals surface area contributed by atoms with Crippen molar-refractivity contribution >= 4 is 22.6 Å². The Morgan fingerprint density at radius 3 is 2.67 bits per heavy atom. The van der Waals surface area contributed by atoms with Gasteiger partial charge in [-0.05, 0) is 37.1 Å². The second kappa shape index (κ2) is 3.02. The molecule has 0 aliphatic rings. The Kier molecular flexibility index (Phi) is 1.93. The molecule has 2 rings (SSSR count). The van der Waals surface area contributed by atoms with E-state index in [2.05, 4.69) is 4.98 Å². The van der Waals surface area contributed by atoms with Crippen LogP contribution in [0.15, 0.2) is 12.1 Å². The van der Waals surface area contributed by atoms with Crippen molar-refractivity contribution in [2.45, 2.75) is 13.8 Å². The molecule has 0 saturated carbocycles. The zero-order chi connectivity index (χ0) is 11.2. The van der Waals surface area contributed by atoms with Crippen LogP contribution in [0.4, 0.5) is 5.69 Å². The minimum absolute atomic E-state index is 0.193. The number of hydrogen-bond donors (Lipinski definition) is 3. The Hall–Kier alpha value is -1.97. The van der Waals surface area contributed by atoms with E-state index >= 15 is 0 Å². The summed E-state index contributed by atoms with van der Waals surface area (Å²) in [7, 11) is 0. The molecule has 1 aromatic carbocycles. The fraction of sp³-hybridized carbons (Fsp3) is 0.182. The largest absolute Gasteiger partial charge is 0.477 e. The van der Waals surface area contributed by atoms with Crippen LogP contribution in [-0.2, 0) is 0 Å². The number of aromatic amines is 1. The molecular weight excluding hydrogens is 192 g/mol. The minimum atomic E-state index is -0.957. The summed E-state index contributed by atoms with van der Waals surface area (Å²) in [6, 6.07) is 3.48. The molecule has 1 aromatic heterocycles. The summed E-state index contributed by atoms with van der Waals surface area (Å²) < 4.78 is 0. The van der Waals surface area contributed by atoms with E-state index in [9.17, 15) is 4.79 Å². The van der Waals surface area contributed by atoms with Crippen LogP contribution in [0.5, 0.6) is 0 Å². The summed E-state index contributed by atoms with van der Waals surface area (Å²) in [6.45, 7) is 3.80. The lowest BCUT2D eigenvalue weighted by Crippen LogP contribution is -1.94. The molecule has 1 heterocycles. The Labute approximate surface area is 86.7 Å². The highest BCUT2D eigenvalue weighted by Gasteiger charge is 2.11. The Morgan fingerprint density at radius 2 is 2.07 bits per heavy atom. The fourth-order valence-electron chi connectivity index (χ4n) is 1.74. The van der Waals surface area contributed by atoms with Crippen molar-refractivity contribution in [2.24, 2.45) is 0 Å². The van der Waals surface area contributed by atoms with Crippen LogP contribution < -0.4 is 5.73 Å². The first-order valence-electron chi connectivity index (χ1n) is 4.62. The quantitative estimate of drug-likeness (QED) is 0.622. The topological polar surface area (TPSA) is 79.1 Å². The van der Waals surface area contributed by atoms with Gasteiger partial charge in [-0.25, -0.2) is 4.79 Å². The fourth-order valence-corrected chi connectivity index (χ4v) is 1.74. The molecule has 4 N–H and O–H groups in total. The van der Waals surface area contributed by atoms with Crippen molar-refractivity contribution in [1.82, 2.24) is 4.98 Å². The molecule has 0 fully saturated rings. The van der Waals surface area contributed by atoms with Gasteiger partial charge in [-0.1, -0.05) is 0 Å². The zero-order valence-electron chi connectivity index (χ0n) is 8.59. The number of carboxylic acid groups (broad SMARTS) is 1. The maximum Gasteiger partial charge on any atom is 0.352 e. The third-order valence-corrected chi connectivity index (χ3v) is 2.67. The third-order valence-electron chi connectivity index (χ3n) is 2.67. The number of nitrogen functional groups attached to an aromatic ring is 1. The second-order valence-electron chi connectivity index (χ2n) is 3.68. The molecule has 0 atom stereocenters. The van der Waals surface area contributed by atoms with Crippen molar-refractivity contribution < 1.29 is 9.90 Å². The van der Waals surface area contributed by atoms with E-state index in [1.54, 1.807) is 6.07 Å². The van der Waals surface area contributed by atoms with Crippen LogP contribution in [0.3, 0.4) is 0 Å². The van der Waals surface area contributed by atoms with Crippen molar-refractivity contribution in [1.29, 1.82) is 0 Å². The molecule has 0 radical (unpaired) electrons. The number of aryl methyl sites for hydroxylation is 2. The van der Waals surface area contributed by atoms with Crippen LogP contribution in [0.2, 0.25) is 0 Å². The summed E-state index contributed by atoms with van der Waals surface area (Å²) in [6.07, 6.45) is 0. The first-order chi connectivity index (χ1) is 7.00. The number of carbonyl (C=O) groups is 1. The number of carboxylic acids is 1. The van der Waals surface area contributed by atoms with Gasteiger partial charge in [-0.15, -0.1) is 0 Å². The highest BCUT2D eigenvalue weighted by atomic mass is 16.4. The minimum Gasteiger partial charge on any atom is -0.477 e. The van der Waals surface area contributed by atoms with E-state index in [4.69, 9.17) is 10.8 Å².